The van der Waals surface area contributed by atoms with Crippen molar-refractivity contribution >= 4 is 27.2 Å². The molecule has 4 aromatic rings. The van der Waals surface area contributed by atoms with Gasteiger partial charge < -0.3 is 4.90 Å². The maximum Gasteiger partial charge on any atom is 0.263 e. The zero-order valence-electron chi connectivity index (χ0n) is 15.7. The number of hydrogen-bond donors (Lipinski definition) is 0. The first kappa shape index (κ1) is 17.7. The van der Waals surface area contributed by atoms with E-state index in [1.165, 1.54) is 27.2 Å². The van der Waals surface area contributed by atoms with Crippen molar-refractivity contribution in [3.63, 3.8) is 0 Å². The lowest BCUT2D eigenvalue weighted by atomic mass is 10.1. The average molecular weight is 398 g/mol. The van der Waals surface area contributed by atoms with Gasteiger partial charge in [0.05, 0.1) is 18.0 Å². The summed E-state index contributed by atoms with van der Waals surface area (Å²) in [6.45, 7) is 1.40. The van der Waals surface area contributed by atoms with Gasteiger partial charge in [0.2, 0.25) is 0 Å². The van der Waals surface area contributed by atoms with Crippen LogP contribution in [0.1, 0.15) is 11.4 Å². The first-order chi connectivity index (χ1) is 14.3. The SMILES string of the molecule is N#CCn1c(CN2CCc3ccccc32)nc2scc(-c3ccccc3)c2c1=O. The van der Waals surface area contributed by atoms with Crippen LogP contribution in [0.2, 0.25) is 0 Å². The van der Waals surface area contributed by atoms with Gasteiger partial charge in [0.1, 0.15) is 17.2 Å². The summed E-state index contributed by atoms with van der Waals surface area (Å²) in [7, 11) is 0. The zero-order valence-corrected chi connectivity index (χ0v) is 16.5. The molecule has 2 aromatic carbocycles. The van der Waals surface area contributed by atoms with E-state index in [4.69, 9.17) is 4.98 Å². The molecule has 0 aliphatic carbocycles. The molecular weight excluding hydrogens is 380 g/mol. The highest BCUT2D eigenvalue weighted by Gasteiger charge is 2.22. The molecule has 29 heavy (non-hydrogen) atoms. The number of hydrogen-bond acceptors (Lipinski definition) is 5. The second-order valence-electron chi connectivity index (χ2n) is 7.07. The molecule has 0 saturated heterocycles. The van der Waals surface area contributed by atoms with E-state index in [1.54, 1.807) is 0 Å². The number of benzene rings is 2. The van der Waals surface area contributed by atoms with Crippen LogP contribution in [0.15, 0.2) is 64.8 Å². The second-order valence-corrected chi connectivity index (χ2v) is 7.93. The summed E-state index contributed by atoms with van der Waals surface area (Å²) in [5.74, 6) is 0.641. The lowest BCUT2D eigenvalue weighted by molar-refractivity contribution is 0.672. The Kier molecular flexibility index (Phi) is 4.38. The minimum atomic E-state index is -0.140. The largest absolute Gasteiger partial charge is 0.363 e. The lowest BCUT2D eigenvalue weighted by Gasteiger charge is -2.20. The van der Waals surface area contributed by atoms with Crippen molar-refractivity contribution in [1.29, 1.82) is 5.26 Å². The molecule has 2 aromatic heterocycles. The summed E-state index contributed by atoms with van der Waals surface area (Å²) in [5.41, 5.74) is 4.22. The average Bonchev–Trinajstić information content (AvgIpc) is 3.36. The van der Waals surface area contributed by atoms with E-state index in [-0.39, 0.29) is 12.1 Å². The molecule has 5 rings (SSSR count). The van der Waals surface area contributed by atoms with Crippen LogP contribution in [0.25, 0.3) is 21.3 Å². The smallest absolute Gasteiger partial charge is 0.263 e. The van der Waals surface area contributed by atoms with Crippen LogP contribution in [-0.4, -0.2) is 16.1 Å². The first-order valence-electron chi connectivity index (χ1n) is 9.52. The van der Waals surface area contributed by atoms with Crippen LogP contribution in [-0.2, 0) is 19.5 Å². The van der Waals surface area contributed by atoms with Gasteiger partial charge in [-0.15, -0.1) is 11.3 Å². The van der Waals surface area contributed by atoms with Crippen LogP contribution in [0.4, 0.5) is 5.69 Å². The molecule has 5 nitrogen and oxygen atoms in total. The Labute approximate surface area is 172 Å². The third-order valence-electron chi connectivity index (χ3n) is 5.40. The van der Waals surface area contributed by atoms with Gasteiger partial charge in [-0.05, 0) is 23.6 Å². The Balaban J connectivity index is 1.63. The number of para-hydroxylation sites is 1. The maximum atomic E-state index is 13.4. The number of thiophene rings is 1. The molecule has 0 atom stereocenters. The van der Waals surface area contributed by atoms with Crippen molar-refractivity contribution < 1.29 is 0 Å². The highest BCUT2D eigenvalue weighted by Crippen LogP contribution is 2.32. The quantitative estimate of drug-likeness (QED) is 0.517. The molecule has 0 amide bonds. The van der Waals surface area contributed by atoms with E-state index in [0.29, 0.717) is 17.8 Å². The molecule has 0 saturated carbocycles. The van der Waals surface area contributed by atoms with Crippen molar-refractivity contribution in [2.75, 3.05) is 11.4 Å². The van der Waals surface area contributed by atoms with Crippen molar-refractivity contribution in [3.05, 3.63) is 81.7 Å². The summed E-state index contributed by atoms with van der Waals surface area (Å²) < 4.78 is 1.53. The monoisotopic (exact) mass is 398 g/mol. The Morgan fingerprint density at radius 1 is 1.10 bits per heavy atom. The fourth-order valence-corrected chi connectivity index (χ4v) is 4.95. The molecule has 0 radical (unpaired) electrons. The van der Waals surface area contributed by atoms with E-state index in [0.717, 1.165) is 28.9 Å². The first-order valence-corrected chi connectivity index (χ1v) is 10.4. The number of aromatic nitrogens is 2. The minimum absolute atomic E-state index is 0.00330. The van der Waals surface area contributed by atoms with Crippen LogP contribution in [0.5, 0.6) is 0 Å². The maximum absolute atomic E-state index is 13.4. The van der Waals surface area contributed by atoms with Gasteiger partial charge in [0.15, 0.2) is 0 Å². The van der Waals surface area contributed by atoms with Crippen molar-refractivity contribution in [2.24, 2.45) is 0 Å². The molecule has 1 aliphatic rings. The van der Waals surface area contributed by atoms with Gasteiger partial charge in [-0.2, -0.15) is 5.26 Å². The van der Waals surface area contributed by atoms with E-state index in [1.807, 2.05) is 41.8 Å². The van der Waals surface area contributed by atoms with E-state index in [2.05, 4.69) is 29.2 Å². The van der Waals surface area contributed by atoms with Crippen LogP contribution >= 0.6 is 11.3 Å². The third kappa shape index (κ3) is 3.00. The molecular formula is C23H18N4OS. The summed E-state index contributed by atoms with van der Waals surface area (Å²) in [4.78, 5) is 21.2. The molecule has 0 N–H and O–H groups in total. The summed E-state index contributed by atoms with van der Waals surface area (Å²) in [6.07, 6.45) is 0.984. The van der Waals surface area contributed by atoms with Crippen LogP contribution in [0, 0.1) is 11.3 Å². The van der Waals surface area contributed by atoms with Gasteiger partial charge >= 0.3 is 0 Å². The van der Waals surface area contributed by atoms with Crippen LogP contribution < -0.4 is 10.5 Å². The highest BCUT2D eigenvalue weighted by atomic mass is 32.1. The predicted octanol–water partition coefficient (Wildman–Crippen LogP) is 4.21. The van der Waals surface area contributed by atoms with Gasteiger partial charge in [0, 0.05) is 23.2 Å². The van der Waals surface area contributed by atoms with Gasteiger partial charge in [-0.3, -0.25) is 9.36 Å². The summed E-state index contributed by atoms with van der Waals surface area (Å²) in [6, 6.07) is 20.3. The van der Waals surface area contributed by atoms with Gasteiger partial charge in [-0.25, -0.2) is 4.98 Å². The molecule has 0 bridgehead atoms. The van der Waals surface area contributed by atoms with E-state index < -0.39 is 0 Å². The molecule has 6 heteroatoms. The third-order valence-corrected chi connectivity index (χ3v) is 6.27. The fourth-order valence-electron chi connectivity index (χ4n) is 3.99. The Morgan fingerprint density at radius 2 is 1.90 bits per heavy atom. The minimum Gasteiger partial charge on any atom is -0.363 e. The molecule has 0 spiro atoms. The topological polar surface area (TPSA) is 61.9 Å². The second kappa shape index (κ2) is 7.19. The van der Waals surface area contributed by atoms with Crippen molar-refractivity contribution in [1.82, 2.24) is 9.55 Å². The molecule has 0 unspecified atom stereocenters. The predicted molar refractivity (Wildman–Crippen MR) is 116 cm³/mol. The van der Waals surface area contributed by atoms with E-state index in [9.17, 15) is 10.1 Å². The molecule has 1 aliphatic heterocycles. The lowest BCUT2D eigenvalue weighted by Crippen LogP contribution is -2.30. The van der Waals surface area contributed by atoms with Gasteiger partial charge in [0.25, 0.3) is 5.56 Å². The Hall–Kier alpha value is -3.43. The number of anilines is 1. The van der Waals surface area contributed by atoms with Crippen molar-refractivity contribution in [2.45, 2.75) is 19.5 Å². The number of nitrogens with zero attached hydrogens (tertiary/aromatic N) is 4. The van der Waals surface area contributed by atoms with Gasteiger partial charge in [-0.1, -0.05) is 48.5 Å². The Morgan fingerprint density at radius 3 is 2.72 bits per heavy atom. The number of fused-ring (bicyclic) bond motifs is 2. The molecule has 142 valence electrons. The molecule has 0 fully saturated rings. The standard InChI is InChI=1S/C23H18N4OS/c24-11-13-27-20(14-26-12-10-17-8-4-5-9-19(17)26)25-22-21(23(27)28)18(15-29-22)16-6-2-1-3-7-16/h1-9,15H,10,12-14H2. The normalized spacial score (nSPS) is 12.9. The highest BCUT2D eigenvalue weighted by molar-refractivity contribution is 7.17. The summed E-state index contributed by atoms with van der Waals surface area (Å²) in [5, 5.41) is 11.9. The zero-order chi connectivity index (χ0) is 19.8. The summed E-state index contributed by atoms with van der Waals surface area (Å²) >= 11 is 1.48. The fraction of sp³-hybridized carbons (Fsp3) is 0.174. The molecule has 3 heterocycles. The number of rotatable bonds is 4. The Bertz CT molecular complexity index is 1300. The van der Waals surface area contributed by atoms with Crippen LogP contribution in [0.3, 0.4) is 0 Å². The number of nitriles is 1. The van der Waals surface area contributed by atoms with Crippen molar-refractivity contribution in [3.8, 4) is 17.2 Å². The van der Waals surface area contributed by atoms with E-state index >= 15 is 0 Å².